The van der Waals surface area contributed by atoms with Gasteiger partial charge in [-0.05, 0) is 26.1 Å². The van der Waals surface area contributed by atoms with Crippen LogP contribution in [0.3, 0.4) is 0 Å². The van der Waals surface area contributed by atoms with Gasteiger partial charge in [-0.2, -0.15) is 4.98 Å². The molecule has 0 amide bonds. The third-order valence-electron chi connectivity index (χ3n) is 4.47. The Hall–Kier alpha value is -2.54. The van der Waals surface area contributed by atoms with Crippen LogP contribution in [-0.2, 0) is 0 Å². The van der Waals surface area contributed by atoms with Crippen molar-refractivity contribution in [2.75, 3.05) is 56.7 Å². The molecule has 4 rings (SSSR count). The number of rotatable bonds is 3. The summed E-state index contributed by atoms with van der Waals surface area (Å²) in [7, 11) is 2.15. The SMILES string of the molecule is Cc1cc(N2CCN(C)CC2)nc(Nc2ccc3c(c2)OCCO3)n1. The van der Waals surface area contributed by atoms with Gasteiger partial charge in [-0.25, -0.2) is 4.98 Å². The van der Waals surface area contributed by atoms with Crippen molar-refractivity contribution in [1.82, 2.24) is 14.9 Å². The number of nitrogens with zero attached hydrogens (tertiary/aromatic N) is 4. The number of nitrogens with one attached hydrogen (secondary N) is 1. The molecule has 1 N–H and O–H groups in total. The van der Waals surface area contributed by atoms with Crippen LogP contribution in [0.1, 0.15) is 5.69 Å². The summed E-state index contributed by atoms with van der Waals surface area (Å²) in [5, 5.41) is 3.29. The van der Waals surface area contributed by atoms with Crippen LogP contribution in [0.5, 0.6) is 11.5 Å². The molecule has 1 fully saturated rings. The van der Waals surface area contributed by atoms with Crippen molar-refractivity contribution in [3.63, 3.8) is 0 Å². The van der Waals surface area contributed by atoms with E-state index in [1.807, 2.05) is 31.2 Å². The van der Waals surface area contributed by atoms with Crippen molar-refractivity contribution in [1.29, 1.82) is 0 Å². The summed E-state index contributed by atoms with van der Waals surface area (Å²) in [6.45, 7) is 7.23. The number of fused-ring (bicyclic) bond motifs is 1. The summed E-state index contributed by atoms with van der Waals surface area (Å²) >= 11 is 0. The normalized spacial score (nSPS) is 17.4. The molecule has 1 aromatic carbocycles. The van der Waals surface area contributed by atoms with Crippen LogP contribution in [0.25, 0.3) is 0 Å². The predicted octanol–water partition coefficient (Wildman–Crippen LogP) is 2.05. The molecule has 2 aromatic rings. The standard InChI is InChI=1S/C18H23N5O2/c1-13-11-17(23-7-5-22(2)6-8-23)21-18(19-13)20-14-3-4-15-16(12-14)25-10-9-24-15/h3-4,11-12H,5-10H2,1-2H3,(H,19,20,21). The lowest BCUT2D eigenvalue weighted by Gasteiger charge is -2.33. The largest absolute Gasteiger partial charge is 0.486 e. The van der Waals surface area contributed by atoms with Crippen molar-refractivity contribution in [3.05, 3.63) is 30.0 Å². The van der Waals surface area contributed by atoms with E-state index < -0.39 is 0 Å². The Kier molecular flexibility index (Phi) is 4.31. The first kappa shape index (κ1) is 16.0. The molecular weight excluding hydrogens is 318 g/mol. The van der Waals surface area contributed by atoms with E-state index in [9.17, 15) is 0 Å². The van der Waals surface area contributed by atoms with Gasteiger partial charge in [0.25, 0.3) is 0 Å². The fourth-order valence-electron chi connectivity index (χ4n) is 3.06. The summed E-state index contributed by atoms with van der Waals surface area (Å²) < 4.78 is 11.2. The van der Waals surface area contributed by atoms with E-state index in [0.29, 0.717) is 19.2 Å². The lowest BCUT2D eigenvalue weighted by molar-refractivity contribution is 0.171. The average molecular weight is 341 g/mol. The lowest BCUT2D eigenvalue weighted by Crippen LogP contribution is -2.44. The molecule has 1 saturated heterocycles. The van der Waals surface area contributed by atoms with Gasteiger partial charge in [0, 0.05) is 49.7 Å². The maximum Gasteiger partial charge on any atom is 0.229 e. The van der Waals surface area contributed by atoms with Crippen molar-refractivity contribution >= 4 is 17.5 Å². The van der Waals surface area contributed by atoms with Gasteiger partial charge < -0.3 is 24.6 Å². The van der Waals surface area contributed by atoms with Crippen molar-refractivity contribution in [3.8, 4) is 11.5 Å². The molecular formula is C18H23N5O2. The fraction of sp³-hybridized carbons (Fsp3) is 0.444. The van der Waals surface area contributed by atoms with Gasteiger partial charge in [0.2, 0.25) is 5.95 Å². The minimum atomic E-state index is 0.574. The molecule has 0 atom stereocenters. The second-order valence-corrected chi connectivity index (χ2v) is 6.46. The number of ether oxygens (including phenoxy) is 2. The maximum absolute atomic E-state index is 5.64. The van der Waals surface area contributed by atoms with Crippen molar-refractivity contribution in [2.24, 2.45) is 0 Å². The number of hydrogen-bond acceptors (Lipinski definition) is 7. The van der Waals surface area contributed by atoms with Gasteiger partial charge >= 0.3 is 0 Å². The first-order valence-corrected chi connectivity index (χ1v) is 8.63. The first-order chi connectivity index (χ1) is 12.2. The monoisotopic (exact) mass is 341 g/mol. The Morgan fingerprint density at radius 3 is 2.52 bits per heavy atom. The highest BCUT2D eigenvalue weighted by molar-refractivity contribution is 5.61. The number of hydrogen-bond donors (Lipinski definition) is 1. The van der Waals surface area contributed by atoms with Crippen molar-refractivity contribution < 1.29 is 9.47 Å². The van der Waals surface area contributed by atoms with Gasteiger partial charge in [0.05, 0.1) is 0 Å². The minimum absolute atomic E-state index is 0.574. The Labute approximate surface area is 147 Å². The third kappa shape index (κ3) is 3.61. The Bertz CT molecular complexity index is 759. The second-order valence-electron chi connectivity index (χ2n) is 6.46. The average Bonchev–Trinajstić information content (AvgIpc) is 2.62. The molecule has 132 valence electrons. The second kappa shape index (κ2) is 6.76. The fourth-order valence-corrected chi connectivity index (χ4v) is 3.06. The van der Waals surface area contributed by atoms with Gasteiger partial charge in [-0.15, -0.1) is 0 Å². The molecule has 3 heterocycles. The number of likely N-dealkylation sites (N-methyl/N-ethyl adjacent to an activating group) is 1. The number of benzene rings is 1. The number of aryl methyl sites for hydroxylation is 1. The molecule has 0 spiro atoms. The van der Waals surface area contributed by atoms with Crippen LogP contribution < -0.4 is 19.7 Å². The first-order valence-electron chi connectivity index (χ1n) is 8.63. The van der Waals surface area contributed by atoms with Gasteiger partial charge in [-0.3, -0.25) is 0 Å². The Morgan fingerprint density at radius 2 is 1.72 bits per heavy atom. The van der Waals surface area contributed by atoms with Gasteiger partial charge in [0.1, 0.15) is 19.0 Å². The van der Waals surface area contributed by atoms with Gasteiger partial charge in [0.15, 0.2) is 11.5 Å². The molecule has 0 bridgehead atoms. The molecule has 25 heavy (non-hydrogen) atoms. The molecule has 2 aliphatic heterocycles. The van der Waals surface area contributed by atoms with Crippen LogP contribution in [0.4, 0.5) is 17.5 Å². The van der Waals surface area contributed by atoms with Crippen LogP contribution in [0, 0.1) is 6.92 Å². The highest BCUT2D eigenvalue weighted by Gasteiger charge is 2.17. The van der Waals surface area contributed by atoms with E-state index in [1.165, 1.54) is 0 Å². The summed E-state index contributed by atoms with van der Waals surface area (Å²) in [4.78, 5) is 13.9. The van der Waals surface area contributed by atoms with Crippen LogP contribution in [0.2, 0.25) is 0 Å². The molecule has 7 heteroatoms. The Morgan fingerprint density at radius 1 is 0.960 bits per heavy atom. The summed E-state index contributed by atoms with van der Waals surface area (Å²) in [6.07, 6.45) is 0. The quantitative estimate of drug-likeness (QED) is 0.917. The maximum atomic E-state index is 5.64. The zero-order chi connectivity index (χ0) is 17.2. The van der Waals surface area contributed by atoms with Crippen LogP contribution >= 0.6 is 0 Å². The smallest absolute Gasteiger partial charge is 0.229 e. The van der Waals surface area contributed by atoms with E-state index >= 15 is 0 Å². The third-order valence-corrected chi connectivity index (χ3v) is 4.47. The lowest BCUT2D eigenvalue weighted by atomic mass is 10.2. The topological polar surface area (TPSA) is 62.8 Å². The molecule has 0 radical (unpaired) electrons. The molecule has 2 aliphatic rings. The molecule has 0 unspecified atom stereocenters. The minimum Gasteiger partial charge on any atom is -0.486 e. The van der Waals surface area contributed by atoms with Crippen molar-refractivity contribution in [2.45, 2.75) is 6.92 Å². The highest BCUT2D eigenvalue weighted by atomic mass is 16.6. The van der Waals surface area contributed by atoms with E-state index in [1.54, 1.807) is 0 Å². The number of aromatic nitrogens is 2. The number of anilines is 3. The number of piperazine rings is 1. The summed E-state index contributed by atoms with van der Waals surface area (Å²) in [5.41, 5.74) is 1.84. The summed E-state index contributed by atoms with van der Waals surface area (Å²) in [6, 6.07) is 7.83. The van der Waals surface area contributed by atoms with E-state index in [0.717, 1.165) is 54.9 Å². The van der Waals surface area contributed by atoms with E-state index in [2.05, 4.69) is 27.1 Å². The molecule has 0 saturated carbocycles. The molecule has 0 aliphatic carbocycles. The van der Waals surface area contributed by atoms with E-state index in [4.69, 9.17) is 14.5 Å². The Balaban J connectivity index is 1.54. The zero-order valence-corrected chi connectivity index (χ0v) is 14.7. The van der Waals surface area contributed by atoms with Crippen LogP contribution in [0.15, 0.2) is 24.3 Å². The predicted molar refractivity (Wildman–Crippen MR) is 97.2 cm³/mol. The highest BCUT2D eigenvalue weighted by Crippen LogP contribution is 2.33. The van der Waals surface area contributed by atoms with Gasteiger partial charge in [-0.1, -0.05) is 0 Å². The zero-order valence-electron chi connectivity index (χ0n) is 14.7. The molecule has 7 nitrogen and oxygen atoms in total. The van der Waals surface area contributed by atoms with E-state index in [-0.39, 0.29) is 0 Å². The summed E-state index contributed by atoms with van der Waals surface area (Å²) in [5.74, 6) is 3.11. The molecule has 1 aromatic heterocycles. The van der Waals surface area contributed by atoms with Crippen LogP contribution in [-0.4, -0.2) is 61.3 Å².